The molecule has 1 rings (SSSR count). The lowest BCUT2D eigenvalue weighted by Crippen LogP contribution is -2.34. The van der Waals surface area contributed by atoms with Gasteiger partial charge in [0.1, 0.15) is 0 Å². The number of thioether (sulfide) groups is 1. The Morgan fingerprint density at radius 1 is 1.70 bits per heavy atom. The summed E-state index contributed by atoms with van der Waals surface area (Å²) in [6.45, 7) is 5.12. The molecule has 1 heterocycles. The van der Waals surface area contributed by atoms with Gasteiger partial charge in [-0.2, -0.15) is 11.8 Å². The summed E-state index contributed by atoms with van der Waals surface area (Å²) in [5.41, 5.74) is 0. The zero-order valence-electron chi connectivity index (χ0n) is 6.43. The molecule has 3 heteroatoms. The number of likely N-dealkylation sites (N-methyl/N-ethyl adjacent to an activating group) is 1. The van der Waals surface area contributed by atoms with E-state index in [2.05, 4.69) is 12.2 Å². The van der Waals surface area contributed by atoms with Crippen molar-refractivity contribution in [3.8, 4) is 0 Å². The van der Waals surface area contributed by atoms with Gasteiger partial charge in [-0.15, -0.1) is 0 Å². The van der Waals surface area contributed by atoms with Crippen LogP contribution in [-0.2, 0) is 4.74 Å². The van der Waals surface area contributed by atoms with E-state index in [0.29, 0.717) is 6.10 Å². The molecule has 0 aliphatic carbocycles. The van der Waals surface area contributed by atoms with Crippen LogP contribution in [0.3, 0.4) is 0 Å². The molecule has 1 fully saturated rings. The van der Waals surface area contributed by atoms with Crippen LogP contribution in [0.1, 0.15) is 6.92 Å². The highest BCUT2D eigenvalue weighted by Crippen LogP contribution is 2.11. The van der Waals surface area contributed by atoms with Gasteiger partial charge in [0.25, 0.3) is 0 Å². The second kappa shape index (κ2) is 4.99. The molecule has 0 saturated carbocycles. The summed E-state index contributed by atoms with van der Waals surface area (Å²) in [4.78, 5) is 0. The van der Waals surface area contributed by atoms with Gasteiger partial charge in [-0.1, -0.05) is 6.92 Å². The van der Waals surface area contributed by atoms with Gasteiger partial charge in [0.05, 0.1) is 12.7 Å². The van der Waals surface area contributed by atoms with E-state index in [1.165, 1.54) is 5.75 Å². The van der Waals surface area contributed by atoms with Gasteiger partial charge >= 0.3 is 0 Å². The van der Waals surface area contributed by atoms with E-state index in [4.69, 9.17) is 4.74 Å². The van der Waals surface area contributed by atoms with Crippen molar-refractivity contribution in [3.05, 3.63) is 0 Å². The largest absolute Gasteiger partial charge is 0.375 e. The Bertz CT molecular complexity index is 83.7. The van der Waals surface area contributed by atoms with Gasteiger partial charge in [-0.25, -0.2) is 0 Å². The molecule has 10 heavy (non-hydrogen) atoms. The van der Waals surface area contributed by atoms with Gasteiger partial charge < -0.3 is 10.1 Å². The summed E-state index contributed by atoms with van der Waals surface area (Å²) < 4.78 is 5.50. The number of ether oxygens (including phenoxy) is 1. The first-order valence-electron chi connectivity index (χ1n) is 3.83. The van der Waals surface area contributed by atoms with Crippen molar-refractivity contribution >= 4 is 11.8 Å². The average molecular weight is 161 g/mol. The minimum absolute atomic E-state index is 0.457. The van der Waals surface area contributed by atoms with Crippen molar-refractivity contribution in [1.29, 1.82) is 0 Å². The monoisotopic (exact) mass is 161 g/mol. The SMILES string of the molecule is CCNCC1CSCCO1. The maximum Gasteiger partial charge on any atom is 0.0790 e. The van der Waals surface area contributed by atoms with Crippen molar-refractivity contribution < 1.29 is 4.74 Å². The molecule has 60 valence electrons. The molecule has 2 nitrogen and oxygen atoms in total. The topological polar surface area (TPSA) is 21.3 Å². The van der Waals surface area contributed by atoms with E-state index >= 15 is 0 Å². The fourth-order valence-electron chi connectivity index (χ4n) is 0.960. The smallest absolute Gasteiger partial charge is 0.0790 e. The standard InChI is InChI=1S/C7H15NOS/c1-2-8-5-7-6-10-4-3-9-7/h7-8H,2-6H2,1H3. The van der Waals surface area contributed by atoms with Gasteiger partial charge in [-0.3, -0.25) is 0 Å². The van der Waals surface area contributed by atoms with Crippen molar-refractivity contribution in [3.63, 3.8) is 0 Å². The van der Waals surface area contributed by atoms with Crippen LogP contribution in [0.4, 0.5) is 0 Å². The molecule has 1 aliphatic heterocycles. The van der Waals surface area contributed by atoms with Crippen LogP contribution in [0.2, 0.25) is 0 Å². The lowest BCUT2D eigenvalue weighted by Gasteiger charge is -2.22. The third-order valence-electron chi connectivity index (χ3n) is 1.51. The lowest BCUT2D eigenvalue weighted by atomic mass is 10.4. The number of nitrogens with one attached hydrogen (secondary N) is 1. The zero-order chi connectivity index (χ0) is 7.23. The van der Waals surface area contributed by atoms with Crippen LogP contribution >= 0.6 is 11.8 Å². The van der Waals surface area contributed by atoms with Crippen molar-refractivity contribution in [2.75, 3.05) is 31.2 Å². The van der Waals surface area contributed by atoms with Crippen LogP contribution in [-0.4, -0.2) is 37.3 Å². The summed E-state index contributed by atoms with van der Waals surface area (Å²) in [5, 5.41) is 3.28. The summed E-state index contributed by atoms with van der Waals surface area (Å²) in [6, 6.07) is 0. The molecule has 0 aromatic rings. The summed E-state index contributed by atoms with van der Waals surface area (Å²) >= 11 is 1.99. The minimum atomic E-state index is 0.457. The average Bonchev–Trinajstić information content (AvgIpc) is 2.03. The number of hydrogen-bond acceptors (Lipinski definition) is 3. The first-order valence-corrected chi connectivity index (χ1v) is 4.99. The quantitative estimate of drug-likeness (QED) is 0.659. The lowest BCUT2D eigenvalue weighted by molar-refractivity contribution is 0.0759. The van der Waals surface area contributed by atoms with Crippen LogP contribution in [0.25, 0.3) is 0 Å². The Labute approximate surface area is 66.7 Å². The minimum Gasteiger partial charge on any atom is -0.375 e. The molecule has 0 radical (unpaired) electrons. The van der Waals surface area contributed by atoms with Crippen LogP contribution in [0, 0.1) is 0 Å². The van der Waals surface area contributed by atoms with Gasteiger partial charge in [0.15, 0.2) is 0 Å². The van der Waals surface area contributed by atoms with Gasteiger partial charge in [-0.05, 0) is 6.54 Å². The fraction of sp³-hybridized carbons (Fsp3) is 1.00. The molecule has 1 saturated heterocycles. The predicted octanol–water partition coefficient (Wildman–Crippen LogP) is 0.728. The van der Waals surface area contributed by atoms with Crippen LogP contribution in [0.15, 0.2) is 0 Å². The molecular formula is C7H15NOS. The number of hydrogen-bond donors (Lipinski definition) is 1. The van der Waals surface area contributed by atoms with Crippen molar-refractivity contribution in [1.82, 2.24) is 5.32 Å². The second-order valence-electron chi connectivity index (χ2n) is 2.38. The third kappa shape index (κ3) is 2.90. The Kier molecular flexibility index (Phi) is 4.18. The Balaban J connectivity index is 2.02. The van der Waals surface area contributed by atoms with E-state index in [0.717, 1.165) is 25.4 Å². The molecule has 0 spiro atoms. The van der Waals surface area contributed by atoms with E-state index in [-0.39, 0.29) is 0 Å². The molecule has 0 amide bonds. The Hall–Kier alpha value is 0.270. The first kappa shape index (κ1) is 8.37. The molecule has 0 aromatic carbocycles. The van der Waals surface area contributed by atoms with Crippen molar-refractivity contribution in [2.24, 2.45) is 0 Å². The van der Waals surface area contributed by atoms with E-state index in [1.807, 2.05) is 11.8 Å². The maximum absolute atomic E-state index is 5.50. The molecule has 1 unspecified atom stereocenters. The third-order valence-corrected chi connectivity index (χ3v) is 2.57. The maximum atomic E-state index is 5.50. The molecule has 1 atom stereocenters. The molecule has 1 aliphatic rings. The highest BCUT2D eigenvalue weighted by molar-refractivity contribution is 7.99. The fourth-order valence-corrected chi connectivity index (χ4v) is 1.82. The highest BCUT2D eigenvalue weighted by Gasteiger charge is 2.12. The Morgan fingerprint density at radius 3 is 3.20 bits per heavy atom. The number of rotatable bonds is 3. The predicted molar refractivity (Wildman–Crippen MR) is 45.6 cm³/mol. The summed E-state index contributed by atoms with van der Waals surface area (Å²) in [7, 11) is 0. The Morgan fingerprint density at radius 2 is 2.60 bits per heavy atom. The highest BCUT2D eigenvalue weighted by atomic mass is 32.2. The summed E-state index contributed by atoms with van der Waals surface area (Å²) in [6.07, 6.45) is 0.457. The molecule has 0 bridgehead atoms. The molecule has 1 N–H and O–H groups in total. The van der Waals surface area contributed by atoms with E-state index in [9.17, 15) is 0 Å². The van der Waals surface area contributed by atoms with Gasteiger partial charge in [0.2, 0.25) is 0 Å². The van der Waals surface area contributed by atoms with Crippen LogP contribution in [0.5, 0.6) is 0 Å². The van der Waals surface area contributed by atoms with Crippen LogP contribution < -0.4 is 5.32 Å². The van der Waals surface area contributed by atoms with Gasteiger partial charge in [0, 0.05) is 18.1 Å². The van der Waals surface area contributed by atoms with E-state index in [1.54, 1.807) is 0 Å². The van der Waals surface area contributed by atoms with E-state index < -0.39 is 0 Å². The van der Waals surface area contributed by atoms with Crippen molar-refractivity contribution in [2.45, 2.75) is 13.0 Å². The zero-order valence-corrected chi connectivity index (χ0v) is 7.25. The molecular weight excluding hydrogens is 146 g/mol. The normalized spacial score (nSPS) is 26.7. The second-order valence-corrected chi connectivity index (χ2v) is 3.53. The first-order chi connectivity index (χ1) is 4.93. The molecule has 0 aromatic heterocycles. The summed E-state index contributed by atoms with van der Waals surface area (Å²) in [5.74, 6) is 2.33.